The van der Waals surface area contributed by atoms with Crippen molar-refractivity contribution in [2.24, 2.45) is 0 Å². The van der Waals surface area contributed by atoms with Gasteiger partial charge in [-0.05, 0) is 73.0 Å². The molecule has 0 spiro atoms. The SMILES string of the molecule is COc1cc(C=CC(=O)OCC(=O)Nc2ccc(C(C)=O)cc2)cc(S(=O)(=O)N2CCc3ccccc32)c1OC. The molecule has 0 fully saturated rings. The summed E-state index contributed by atoms with van der Waals surface area (Å²) in [4.78, 5) is 35.7. The first-order chi connectivity index (χ1) is 19.1. The molecule has 0 unspecified atom stereocenters. The number of nitrogens with one attached hydrogen (secondary N) is 1. The fourth-order valence-electron chi connectivity index (χ4n) is 4.25. The number of carbonyl (C=O) groups excluding carboxylic acids is 3. The summed E-state index contributed by atoms with van der Waals surface area (Å²) in [6.45, 7) is 1.18. The van der Waals surface area contributed by atoms with Gasteiger partial charge in [-0.2, -0.15) is 0 Å². The number of amides is 1. The van der Waals surface area contributed by atoms with Crippen molar-refractivity contribution in [2.75, 3.05) is 37.0 Å². The summed E-state index contributed by atoms with van der Waals surface area (Å²) in [7, 11) is -1.31. The van der Waals surface area contributed by atoms with Crippen molar-refractivity contribution < 1.29 is 37.0 Å². The number of benzene rings is 3. The largest absolute Gasteiger partial charge is 0.493 e. The molecular weight excluding hydrogens is 536 g/mol. The molecule has 0 saturated heterocycles. The zero-order valence-corrected chi connectivity index (χ0v) is 23.0. The quantitative estimate of drug-likeness (QED) is 0.223. The van der Waals surface area contributed by atoms with Gasteiger partial charge in [0.1, 0.15) is 4.90 Å². The van der Waals surface area contributed by atoms with E-state index in [1.165, 1.54) is 43.7 Å². The summed E-state index contributed by atoms with van der Waals surface area (Å²) in [5, 5.41) is 2.57. The Bertz CT molecular complexity index is 1580. The average Bonchev–Trinajstić information content (AvgIpc) is 3.40. The van der Waals surface area contributed by atoms with Gasteiger partial charge in [0.25, 0.3) is 15.9 Å². The predicted molar refractivity (Wildman–Crippen MR) is 149 cm³/mol. The van der Waals surface area contributed by atoms with E-state index in [9.17, 15) is 22.8 Å². The van der Waals surface area contributed by atoms with Crippen molar-refractivity contribution in [2.45, 2.75) is 18.2 Å². The summed E-state index contributed by atoms with van der Waals surface area (Å²) >= 11 is 0. The lowest BCUT2D eigenvalue weighted by Crippen LogP contribution is -2.29. The van der Waals surface area contributed by atoms with Crippen LogP contribution >= 0.6 is 0 Å². The maximum atomic E-state index is 13.7. The van der Waals surface area contributed by atoms with Crippen LogP contribution in [0.2, 0.25) is 0 Å². The van der Waals surface area contributed by atoms with Gasteiger partial charge in [0.2, 0.25) is 0 Å². The van der Waals surface area contributed by atoms with Crippen LogP contribution in [0.3, 0.4) is 0 Å². The van der Waals surface area contributed by atoms with Crippen LogP contribution in [0.4, 0.5) is 11.4 Å². The van der Waals surface area contributed by atoms with E-state index in [1.54, 1.807) is 36.4 Å². The normalized spacial score (nSPS) is 12.6. The van der Waals surface area contributed by atoms with Gasteiger partial charge in [-0.15, -0.1) is 0 Å². The molecule has 1 heterocycles. The van der Waals surface area contributed by atoms with Crippen LogP contribution in [0, 0.1) is 0 Å². The maximum absolute atomic E-state index is 13.7. The van der Waals surface area contributed by atoms with Gasteiger partial charge >= 0.3 is 5.97 Å². The molecule has 1 amide bonds. The minimum Gasteiger partial charge on any atom is -0.493 e. The number of para-hydroxylation sites is 1. The minimum atomic E-state index is -4.04. The molecule has 0 atom stereocenters. The molecule has 0 radical (unpaired) electrons. The maximum Gasteiger partial charge on any atom is 0.331 e. The van der Waals surface area contributed by atoms with Gasteiger partial charge in [-0.3, -0.25) is 13.9 Å². The number of fused-ring (bicyclic) bond motifs is 1. The van der Waals surface area contributed by atoms with Gasteiger partial charge < -0.3 is 19.5 Å². The third-order valence-corrected chi connectivity index (χ3v) is 8.03. The Kier molecular flexibility index (Phi) is 8.54. The van der Waals surface area contributed by atoms with Crippen molar-refractivity contribution in [1.29, 1.82) is 0 Å². The molecule has 0 aromatic heterocycles. The first-order valence-corrected chi connectivity index (χ1v) is 13.7. The van der Waals surface area contributed by atoms with Crippen LogP contribution in [0.5, 0.6) is 11.5 Å². The zero-order valence-electron chi connectivity index (χ0n) is 22.2. The Hall–Kier alpha value is -4.64. The van der Waals surface area contributed by atoms with E-state index >= 15 is 0 Å². The topological polar surface area (TPSA) is 128 Å². The Morgan fingerprint density at radius 2 is 1.73 bits per heavy atom. The highest BCUT2D eigenvalue weighted by molar-refractivity contribution is 7.93. The molecular formula is C29H28N2O8S. The fraction of sp³-hybridized carbons (Fsp3) is 0.207. The number of hydrogen-bond donors (Lipinski definition) is 1. The van der Waals surface area contributed by atoms with Crippen LogP contribution in [0.25, 0.3) is 6.08 Å². The Morgan fingerprint density at radius 3 is 2.40 bits per heavy atom. The summed E-state index contributed by atoms with van der Waals surface area (Å²) in [5.74, 6) is -1.27. The number of ether oxygens (including phenoxy) is 3. The molecule has 0 aliphatic carbocycles. The van der Waals surface area contributed by atoms with Crippen molar-refractivity contribution in [3.05, 3.63) is 83.4 Å². The lowest BCUT2D eigenvalue weighted by molar-refractivity contribution is -0.142. The standard InChI is InChI=1S/C29H28N2O8S/c1-19(32)21-9-11-23(12-10-21)30-27(33)18-39-28(34)13-8-20-16-25(37-2)29(38-3)26(17-20)40(35,36)31-15-14-22-6-4-5-7-24(22)31/h4-13,16-17H,14-15,18H2,1-3H3,(H,30,33). The van der Waals surface area contributed by atoms with Crippen LogP contribution in [0.15, 0.2) is 71.6 Å². The number of rotatable bonds is 10. The van der Waals surface area contributed by atoms with E-state index < -0.39 is 28.5 Å². The third kappa shape index (κ3) is 6.15. The molecule has 3 aromatic carbocycles. The van der Waals surface area contributed by atoms with Gasteiger partial charge in [0.15, 0.2) is 23.9 Å². The molecule has 1 aliphatic rings. The van der Waals surface area contributed by atoms with E-state index in [-0.39, 0.29) is 28.7 Å². The minimum absolute atomic E-state index is 0.0413. The zero-order chi connectivity index (χ0) is 28.9. The fourth-order valence-corrected chi connectivity index (χ4v) is 5.96. The van der Waals surface area contributed by atoms with Gasteiger partial charge in [0, 0.05) is 23.9 Å². The summed E-state index contributed by atoms with van der Waals surface area (Å²) < 4.78 is 44.6. The van der Waals surface area contributed by atoms with Crippen LogP contribution in [0.1, 0.15) is 28.4 Å². The number of anilines is 2. The van der Waals surface area contributed by atoms with E-state index in [1.807, 2.05) is 12.1 Å². The average molecular weight is 565 g/mol. The van der Waals surface area contributed by atoms with Crippen molar-refractivity contribution >= 4 is 45.1 Å². The smallest absolute Gasteiger partial charge is 0.331 e. The van der Waals surface area contributed by atoms with E-state index in [0.29, 0.717) is 28.9 Å². The number of Topliss-reactive ketones (excluding diaryl/α,β-unsaturated/α-hetero) is 1. The van der Waals surface area contributed by atoms with Crippen molar-refractivity contribution in [1.82, 2.24) is 0 Å². The highest BCUT2D eigenvalue weighted by Crippen LogP contribution is 2.40. The van der Waals surface area contributed by atoms with Crippen LogP contribution < -0.4 is 19.1 Å². The number of sulfonamides is 1. The molecule has 1 N–H and O–H groups in total. The molecule has 1 aliphatic heterocycles. The van der Waals surface area contributed by atoms with Gasteiger partial charge in [0.05, 0.1) is 19.9 Å². The molecule has 11 heteroatoms. The van der Waals surface area contributed by atoms with Gasteiger partial charge in [-0.1, -0.05) is 18.2 Å². The number of hydrogen-bond acceptors (Lipinski definition) is 8. The summed E-state index contributed by atoms with van der Waals surface area (Å²) in [5.41, 5.74) is 2.82. The number of esters is 1. The molecule has 40 heavy (non-hydrogen) atoms. The highest BCUT2D eigenvalue weighted by Gasteiger charge is 2.34. The van der Waals surface area contributed by atoms with Crippen LogP contribution in [-0.4, -0.2) is 53.4 Å². The summed E-state index contributed by atoms with van der Waals surface area (Å²) in [6, 6.07) is 16.5. The Labute approximate surface area is 232 Å². The van der Waals surface area contributed by atoms with E-state index in [0.717, 1.165) is 11.6 Å². The third-order valence-electron chi connectivity index (χ3n) is 6.21. The second-order valence-corrected chi connectivity index (χ2v) is 10.7. The number of nitrogens with zero attached hydrogens (tertiary/aromatic N) is 1. The van der Waals surface area contributed by atoms with Crippen molar-refractivity contribution in [3.63, 3.8) is 0 Å². The molecule has 3 aromatic rings. The monoisotopic (exact) mass is 564 g/mol. The van der Waals surface area contributed by atoms with E-state index in [2.05, 4.69) is 5.32 Å². The predicted octanol–water partition coefficient (Wildman–Crippen LogP) is 3.85. The summed E-state index contributed by atoms with van der Waals surface area (Å²) in [6.07, 6.45) is 3.02. The number of methoxy groups -OCH3 is 2. The molecule has 10 nitrogen and oxygen atoms in total. The Balaban J connectivity index is 1.48. The Morgan fingerprint density at radius 1 is 1.00 bits per heavy atom. The molecule has 0 bridgehead atoms. The number of carbonyl (C=O) groups is 3. The second kappa shape index (κ2) is 12.0. The number of ketones is 1. The van der Waals surface area contributed by atoms with Gasteiger partial charge in [-0.25, -0.2) is 13.2 Å². The van der Waals surface area contributed by atoms with E-state index in [4.69, 9.17) is 14.2 Å². The van der Waals surface area contributed by atoms with Crippen LogP contribution in [-0.2, 0) is 30.8 Å². The lowest BCUT2D eigenvalue weighted by Gasteiger charge is -2.22. The second-order valence-electron chi connectivity index (χ2n) is 8.83. The first-order valence-electron chi connectivity index (χ1n) is 12.3. The van der Waals surface area contributed by atoms with Crippen molar-refractivity contribution in [3.8, 4) is 11.5 Å². The lowest BCUT2D eigenvalue weighted by atomic mass is 10.1. The first kappa shape index (κ1) is 28.4. The highest BCUT2D eigenvalue weighted by atomic mass is 32.2. The molecule has 208 valence electrons. The molecule has 4 rings (SSSR count). The molecule has 0 saturated carbocycles.